The van der Waals surface area contributed by atoms with Crippen molar-refractivity contribution >= 4 is 23.3 Å². The predicted octanol–water partition coefficient (Wildman–Crippen LogP) is 2.24. The summed E-state index contributed by atoms with van der Waals surface area (Å²) in [4.78, 5) is 16.3. The normalized spacial score (nSPS) is 20.7. The number of rotatable bonds is 3. The number of aryl methyl sites for hydroxylation is 1. The third-order valence-corrected chi connectivity index (χ3v) is 4.34. The summed E-state index contributed by atoms with van der Waals surface area (Å²) in [7, 11) is 0. The van der Waals surface area contributed by atoms with Gasteiger partial charge in [0, 0.05) is 17.9 Å². The maximum Gasteiger partial charge on any atom is 0.244 e. The van der Waals surface area contributed by atoms with Crippen molar-refractivity contribution in [1.82, 2.24) is 10.3 Å². The topological polar surface area (TPSA) is 62.2 Å². The number of nitrogens with zero attached hydrogens (tertiary/aromatic N) is 1. The molecular formula is C16H16N2O2S. The molecule has 2 N–H and O–H groups in total. The third-order valence-electron chi connectivity index (χ3n) is 3.54. The molecule has 5 heteroatoms. The van der Waals surface area contributed by atoms with E-state index in [0.717, 1.165) is 21.8 Å². The third kappa shape index (κ3) is 3.04. The van der Waals surface area contributed by atoms with Crippen molar-refractivity contribution < 1.29 is 9.90 Å². The molecule has 1 amide bonds. The van der Waals surface area contributed by atoms with E-state index >= 15 is 0 Å². The van der Waals surface area contributed by atoms with E-state index in [1.54, 1.807) is 17.4 Å². The van der Waals surface area contributed by atoms with E-state index in [2.05, 4.69) is 10.3 Å². The molecule has 1 aromatic carbocycles. The molecule has 4 nitrogen and oxygen atoms in total. The number of thiazole rings is 1. The summed E-state index contributed by atoms with van der Waals surface area (Å²) in [6.07, 6.45) is 3.16. The average molecular weight is 300 g/mol. The van der Waals surface area contributed by atoms with Crippen LogP contribution in [0.15, 0.2) is 35.7 Å². The fourth-order valence-corrected chi connectivity index (χ4v) is 3.15. The molecule has 1 aliphatic carbocycles. The molecule has 108 valence electrons. The molecule has 0 bridgehead atoms. The molecule has 0 saturated carbocycles. The van der Waals surface area contributed by atoms with E-state index in [1.807, 2.05) is 36.6 Å². The minimum absolute atomic E-state index is 0.221. The van der Waals surface area contributed by atoms with Crippen molar-refractivity contribution in [2.24, 2.45) is 0 Å². The van der Waals surface area contributed by atoms with Crippen LogP contribution in [0.1, 0.15) is 27.9 Å². The van der Waals surface area contributed by atoms with Crippen LogP contribution in [-0.2, 0) is 11.2 Å². The number of fused-ring (bicyclic) bond motifs is 1. The van der Waals surface area contributed by atoms with Gasteiger partial charge in [0.2, 0.25) is 5.91 Å². The van der Waals surface area contributed by atoms with Crippen LogP contribution in [0.3, 0.4) is 0 Å². The number of hydrogen-bond acceptors (Lipinski definition) is 4. The lowest BCUT2D eigenvalue weighted by Crippen LogP contribution is -2.32. The summed E-state index contributed by atoms with van der Waals surface area (Å²) in [5.41, 5.74) is 2.87. The number of aliphatic hydroxyl groups excluding tert-OH is 1. The quantitative estimate of drug-likeness (QED) is 0.855. The van der Waals surface area contributed by atoms with Crippen LogP contribution in [0.5, 0.6) is 0 Å². The van der Waals surface area contributed by atoms with Gasteiger partial charge in [0.1, 0.15) is 0 Å². The molecule has 1 aliphatic rings. The molecule has 1 heterocycles. The highest BCUT2D eigenvalue weighted by Crippen LogP contribution is 2.31. The standard InChI is InChI=1S/C16H16N2O2S/c1-10-17-12(9-21-10)6-7-15(20)18-16-13-5-3-2-4-11(13)8-14(16)19/h2-7,9,14,16,19H,8H2,1H3,(H,18,20)/b7-6+/t14-,16+/m1/s1. The van der Waals surface area contributed by atoms with Gasteiger partial charge in [0.25, 0.3) is 0 Å². The Bertz CT molecular complexity index is 693. The highest BCUT2D eigenvalue weighted by molar-refractivity contribution is 7.09. The van der Waals surface area contributed by atoms with E-state index < -0.39 is 6.10 Å². The second-order valence-corrected chi connectivity index (χ2v) is 6.14. The largest absolute Gasteiger partial charge is 0.390 e. The molecule has 2 atom stereocenters. The van der Waals surface area contributed by atoms with Crippen LogP contribution in [-0.4, -0.2) is 22.1 Å². The maximum atomic E-state index is 12.0. The number of carbonyl (C=O) groups excluding carboxylic acids is 1. The molecule has 0 fully saturated rings. The molecule has 21 heavy (non-hydrogen) atoms. The highest BCUT2D eigenvalue weighted by Gasteiger charge is 2.31. The zero-order chi connectivity index (χ0) is 14.8. The van der Waals surface area contributed by atoms with Crippen molar-refractivity contribution in [3.8, 4) is 0 Å². The summed E-state index contributed by atoms with van der Waals surface area (Å²) in [6, 6.07) is 7.46. The second-order valence-electron chi connectivity index (χ2n) is 5.08. The lowest BCUT2D eigenvalue weighted by atomic mass is 10.1. The van der Waals surface area contributed by atoms with Gasteiger partial charge in [-0.2, -0.15) is 0 Å². The van der Waals surface area contributed by atoms with Gasteiger partial charge in [0.15, 0.2) is 0 Å². The zero-order valence-corrected chi connectivity index (χ0v) is 12.4. The Morgan fingerprint density at radius 2 is 2.29 bits per heavy atom. The highest BCUT2D eigenvalue weighted by atomic mass is 32.1. The lowest BCUT2D eigenvalue weighted by Gasteiger charge is -2.16. The average Bonchev–Trinajstić information content (AvgIpc) is 3.01. The summed E-state index contributed by atoms with van der Waals surface area (Å²) >= 11 is 1.55. The SMILES string of the molecule is Cc1nc(/C=C/C(=O)N[C@H]2c3ccccc3C[C@H]2O)cs1. The van der Waals surface area contributed by atoms with E-state index in [9.17, 15) is 9.90 Å². The van der Waals surface area contributed by atoms with Crippen molar-refractivity contribution in [3.63, 3.8) is 0 Å². The Kier molecular flexibility index (Phi) is 3.86. The fourth-order valence-electron chi connectivity index (χ4n) is 2.57. The minimum atomic E-state index is -0.568. The van der Waals surface area contributed by atoms with Gasteiger partial charge in [-0.3, -0.25) is 4.79 Å². The Labute approximate surface area is 127 Å². The molecule has 1 aromatic heterocycles. The second kappa shape index (κ2) is 5.79. The number of aliphatic hydroxyl groups is 1. The first-order valence-electron chi connectivity index (χ1n) is 6.80. The van der Waals surface area contributed by atoms with Gasteiger partial charge in [-0.1, -0.05) is 24.3 Å². The van der Waals surface area contributed by atoms with Gasteiger partial charge in [-0.25, -0.2) is 4.98 Å². The molecule has 3 rings (SSSR count). The van der Waals surface area contributed by atoms with E-state index in [-0.39, 0.29) is 11.9 Å². The molecule has 2 aromatic rings. The van der Waals surface area contributed by atoms with Crippen molar-refractivity contribution in [2.45, 2.75) is 25.5 Å². The van der Waals surface area contributed by atoms with Crippen LogP contribution in [0, 0.1) is 6.92 Å². The van der Waals surface area contributed by atoms with Crippen molar-refractivity contribution in [1.29, 1.82) is 0 Å². The Morgan fingerprint density at radius 1 is 1.48 bits per heavy atom. The molecule has 0 radical (unpaired) electrons. The number of aromatic nitrogens is 1. The molecular weight excluding hydrogens is 284 g/mol. The number of amides is 1. The smallest absolute Gasteiger partial charge is 0.244 e. The van der Waals surface area contributed by atoms with Gasteiger partial charge < -0.3 is 10.4 Å². The van der Waals surface area contributed by atoms with Crippen LogP contribution in [0.25, 0.3) is 6.08 Å². The molecule has 0 unspecified atom stereocenters. The Balaban J connectivity index is 1.69. The number of benzene rings is 1. The fraction of sp³-hybridized carbons (Fsp3) is 0.250. The first-order chi connectivity index (χ1) is 10.1. The van der Waals surface area contributed by atoms with E-state index in [0.29, 0.717) is 6.42 Å². The maximum absolute atomic E-state index is 12.0. The first kappa shape index (κ1) is 14.0. The van der Waals surface area contributed by atoms with Gasteiger partial charge in [0.05, 0.1) is 22.8 Å². The molecule has 0 saturated heterocycles. The number of hydrogen-bond donors (Lipinski definition) is 2. The summed E-state index contributed by atoms with van der Waals surface area (Å²) in [5, 5.41) is 15.8. The summed E-state index contributed by atoms with van der Waals surface area (Å²) < 4.78 is 0. The van der Waals surface area contributed by atoms with E-state index in [1.165, 1.54) is 6.08 Å². The monoisotopic (exact) mass is 300 g/mol. The van der Waals surface area contributed by atoms with Gasteiger partial charge in [-0.15, -0.1) is 11.3 Å². The van der Waals surface area contributed by atoms with Crippen LogP contribution in [0.4, 0.5) is 0 Å². The summed E-state index contributed by atoms with van der Waals surface area (Å²) in [6.45, 7) is 1.92. The van der Waals surface area contributed by atoms with Crippen LogP contribution in [0.2, 0.25) is 0 Å². The number of nitrogens with one attached hydrogen (secondary N) is 1. The predicted molar refractivity (Wildman–Crippen MR) is 82.9 cm³/mol. The molecule has 0 spiro atoms. The van der Waals surface area contributed by atoms with Crippen molar-refractivity contribution in [2.75, 3.05) is 0 Å². The van der Waals surface area contributed by atoms with Crippen LogP contribution >= 0.6 is 11.3 Å². The zero-order valence-electron chi connectivity index (χ0n) is 11.6. The Hall–Kier alpha value is -1.98. The van der Waals surface area contributed by atoms with Gasteiger partial charge in [-0.05, 0) is 24.1 Å². The lowest BCUT2D eigenvalue weighted by molar-refractivity contribution is -0.117. The minimum Gasteiger partial charge on any atom is -0.390 e. The Morgan fingerprint density at radius 3 is 3.05 bits per heavy atom. The summed E-state index contributed by atoms with van der Waals surface area (Å²) in [5.74, 6) is -0.221. The molecule has 0 aliphatic heterocycles. The van der Waals surface area contributed by atoms with Gasteiger partial charge >= 0.3 is 0 Å². The van der Waals surface area contributed by atoms with Crippen LogP contribution < -0.4 is 5.32 Å². The first-order valence-corrected chi connectivity index (χ1v) is 7.68. The van der Waals surface area contributed by atoms with Crippen molar-refractivity contribution in [3.05, 3.63) is 57.6 Å². The number of carbonyl (C=O) groups is 1. The van der Waals surface area contributed by atoms with E-state index in [4.69, 9.17) is 0 Å².